The normalized spacial score (nSPS) is 23.5. The predicted octanol–water partition coefficient (Wildman–Crippen LogP) is -0.0470. The molecule has 2 aromatic heterocycles. The van der Waals surface area contributed by atoms with E-state index in [2.05, 4.69) is 16.5 Å². The van der Waals surface area contributed by atoms with Gasteiger partial charge in [0.25, 0.3) is 5.56 Å². The first-order chi connectivity index (χ1) is 10.0. The highest BCUT2D eigenvalue weighted by Crippen LogP contribution is 2.31. The number of ether oxygens (including phenoxy) is 1. The first kappa shape index (κ1) is 14.0. The second-order valence-electron chi connectivity index (χ2n) is 4.77. The molecule has 9 heteroatoms. The Morgan fingerprint density at radius 2 is 2.33 bits per heavy atom. The summed E-state index contributed by atoms with van der Waals surface area (Å²) >= 11 is 0.799. The van der Waals surface area contributed by atoms with Gasteiger partial charge in [-0.2, -0.15) is 4.98 Å². The van der Waals surface area contributed by atoms with E-state index in [9.17, 15) is 14.7 Å². The molecule has 0 aliphatic carbocycles. The van der Waals surface area contributed by atoms with E-state index in [0.29, 0.717) is 12.8 Å². The van der Waals surface area contributed by atoms with Crippen LogP contribution in [0.25, 0.3) is 10.3 Å². The number of fused-ring (bicyclic) bond motifs is 1. The number of nitrogens with one attached hydrogen (secondary N) is 1. The summed E-state index contributed by atoms with van der Waals surface area (Å²) in [4.78, 5) is 29.9. The van der Waals surface area contributed by atoms with E-state index in [-0.39, 0.29) is 21.2 Å². The number of nitrogen functional groups attached to an aromatic ring is 1. The van der Waals surface area contributed by atoms with Crippen molar-refractivity contribution in [2.24, 2.45) is 0 Å². The van der Waals surface area contributed by atoms with Gasteiger partial charge in [-0.15, -0.1) is 6.58 Å². The monoisotopic (exact) mass is 310 g/mol. The van der Waals surface area contributed by atoms with E-state index in [0.717, 1.165) is 11.3 Å². The summed E-state index contributed by atoms with van der Waals surface area (Å²) in [6, 6.07) is 0. The van der Waals surface area contributed by atoms with Gasteiger partial charge < -0.3 is 15.6 Å². The van der Waals surface area contributed by atoms with Gasteiger partial charge in [-0.25, -0.2) is 0 Å². The quantitative estimate of drug-likeness (QED) is 0.683. The van der Waals surface area contributed by atoms with Crippen molar-refractivity contribution in [1.29, 1.82) is 0 Å². The maximum absolute atomic E-state index is 12.1. The van der Waals surface area contributed by atoms with Crippen LogP contribution in [0, 0.1) is 0 Å². The highest BCUT2D eigenvalue weighted by Gasteiger charge is 2.32. The molecular formula is C12H14N4O4S. The largest absolute Gasteiger partial charge is 0.386 e. The zero-order valence-electron chi connectivity index (χ0n) is 11.0. The maximum Gasteiger partial charge on any atom is 0.311 e. The topological polar surface area (TPSA) is 123 Å². The van der Waals surface area contributed by atoms with E-state index in [1.54, 1.807) is 0 Å². The maximum atomic E-state index is 12.1. The zero-order chi connectivity index (χ0) is 15.1. The minimum Gasteiger partial charge on any atom is -0.386 e. The van der Waals surface area contributed by atoms with Crippen LogP contribution in [0.4, 0.5) is 5.95 Å². The van der Waals surface area contributed by atoms with Crippen molar-refractivity contribution >= 4 is 27.6 Å². The van der Waals surface area contributed by atoms with Gasteiger partial charge in [0, 0.05) is 0 Å². The lowest BCUT2D eigenvalue weighted by atomic mass is 10.1. The average molecular weight is 310 g/mol. The minimum absolute atomic E-state index is 0.0558. The van der Waals surface area contributed by atoms with Crippen LogP contribution in [0.5, 0.6) is 0 Å². The van der Waals surface area contributed by atoms with Gasteiger partial charge in [0.15, 0.2) is 5.65 Å². The molecule has 112 valence electrons. The Balaban J connectivity index is 2.06. The molecule has 0 radical (unpaired) electrons. The van der Waals surface area contributed by atoms with Crippen LogP contribution < -0.4 is 16.2 Å². The number of rotatable bonds is 3. The van der Waals surface area contributed by atoms with Crippen molar-refractivity contribution in [3.05, 3.63) is 32.7 Å². The third-order valence-corrected chi connectivity index (χ3v) is 4.38. The van der Waals surface area contributed by atoms with Crippen LogP contribution >= 0.6 is 11.3 Å². The first-order valence-electron chi connectivity index (χ1n) is 6.38. The smallest absolute Gasteiger partial charge is 0.311 e. The van der Waals surface area contributed by atoms with Crippen molar-refractivity contribution < 1.29 is 9.84 Å². The van der Waals surface area contributed by atoms with Crippen molar-refractivity contribution in [1.82, 2.24) is 14.5 Å². The molecule has 4 N–H and O–H groups in total. The highest BCUT2D eigenvalue weighted by molar-refractivity contribution is 7.16. The summed E-state index contributed by atoms with van der Waals surface area (Å²) in [5, 5.41) is 9.73. The van der Waals surface area contributed by atoms with Crippen LogP contribution in [0.2, 0.25) is 0 Å². The number of H-pyrrole nitrogens is 1. The first-order valence-corrected chi connectivity index (χ1v) is 7.20. The Morgan fingerprint density at radius 1 is 1.57 bits per heavy atom. The molecule has 0 bridgehead atoms. The fourth-order valence-electron chi connectivity index (χ4n) is 2.44. The zero-order valence-corrected chi connectivity index (χ0v) is 11.8. The number of hydrogen-bond donors (Lipinski definition) is 3. The number of nitrogens with zero attached hydrogens (tertiary/aromatic N) is 2. The average Bonchev–Trinajstić information content (AvgIpc) is 3.02. The summed E-state index contributed by atoms with van der Waals surface area (Å²) in [7, 11) is 0. The number of thiazole rings is 1. The summed E-state index contributed by atoms with van der Waals surface area (Å²) < 4.78 is 7.22. The van der Waals surface area contributed by atoms with Crippen molar-refractivity contribution in [3.63, 3.8) is 0 Å². The molecule has 1 fully saturated rings. The van der Waals surface area contributed by atoms with Crippen LogP contribution in [0.1, 0.15) is 19.1 Å². The molecule has 0 saturated carbocycles. The Kier molecular flexibility index (Phi) is 3.40. The Bertz CT molecular complexity index is 808. The second-order valence-corrected chi connectivity index (χ2v) is 5.74. The fraction of sp³-hybridized carbons (Fsp3) is 0.417. The van der Waals surface area contributed by atoms with Crippen molar-refractivity contribution in [3.8, 4) is 0 Å². The minimum atomic E-state index is -0.794. The van der Waals surface area contributed by atoms with Gasteiger partial charge in [-0.05, 0) is 12.8 Å². The predicted molar refractivity (Wildman–Crippen MR) is 78.3 cm³/mol. The van der Waals surface area contributed by atoms with Gasteiger partial charge >= 0.3 is 4.87 Å². The fourth-order valence-corrected chi connectivity index (χ4v) is 3.29. The molecule has 2 aromatic rings. The Hall–Kier alpha value is -1.97. The molecular weight excluding hydrogens is 296 g/mol. The Morgan fingerprint density at radius 3 is 3.05 bits per heavy atom. The summed E-state index contributed by atoms with van der Waals surface area (Å²) in [5.41, 5.74) is 5.29. The number of aromatic nitrogens is 3. The van der Waals surface area contributed by atoms with E-state index in [4.69, 9.17) is 10.5 Å². The standard InChI is InChI=1S/C12H14N4O4S/c1-2-5(17)6-3-4-7(20-6)16-9-8(21-12(16)19)10(18)15-11(13)14-9/h2,5-7,17H,1,3-4H2,(H3,13,14,15,18)/t5?,6-,7?/m0/s1. The van der Waals surface area contributed by atoms with Gasteiger partial charge in [-0.1, -0.05) is 17.4 Å². The van der Waals surface area contributed by atoms with E-state index < -0.39 is 24.0 Å². The van der Waals surface area contributed by atoms with Gasteiger partial charge in [-0.3, -0.25) is 19.1 Å². The van der Waals surface area contributed by atoms with Crippen LogP contribution in [0.15, 0.2) is 22.2 Å². The number of aliphatic hydroxyl groups excluding tert-OH is 1. The van der Waals surface area contributed by atoms with Crippen molar-refractivity contribution in [2.45, 2.75) is 31.3 Å². The summed E-state index contributed by atoms with van der Waals surface area (Å²) in [6.45, 7) is 3.51. The number of hydrogen-bond acceptors (Lipinski definition) is 7. The molecule has 0 spiro atoms. The van der Waals surface area contributed by atoms with E-state index in [1.165, 1.54) is 10.6 Å². The second kappa shape index (κ2) is 5.10. The summed E-state index contributed by atoms with van der Waals surface area (Å²) in [5.74, 6) is -0.0558. The molecule has 8 nitrogen and oxygen atoms in total. The van der Waals surface area contributed by atoms with Gasteiger partial charge in [0.1, 0.15) is 10.9 Å². The molecule has 21 heavy (non-hydrogen) atoms. The van der Waals surface area contributed by atoms with Gasteiger partial charge in [0.2, 0.25) is 5.95 Å². The third-order valence-electron chi connectivity index (χ3n) is 3.43. The molecule has 0 aromatic carbocycles. The number of aromatic amines is 1. The molecule has 1 aliphatic heterocycles. The van der Waals surface area contributed by atoms with Gasteiger partial charge in [0.05, 0.1) is 12.2 Å². The van der Waals surface area contributed by atoms with Crippen LogP contribution in [-0.4, -0.2) is 31.8 Å². The number of anilines is 1. The number of aliphatic hydroxyl groups is 1. The lowest BCUT2D eigenvalue weighted by Gasteiger charge is -2.17. The van der Waals surface area contributed by atoms with Crippen molar-refractivity contribution in [2.75, 3.05) is 5.73 Å². The lowest BCUT2D eigenvalue weighted by Crippen LogP contribution is -2.26. The lowest BCUT2D eigenvalue weighted by molar-refractivity contribution is -0.0432. The molecule has 1 saturated heterocycles. The highest BCUT2D eigenvalue weighted by atomic mass is 32.1. The van der Waals surface area contributed by atoms with E-state index in [1.807, 2.05) is 0 Å². The van der Waals surface area contributed by atoms with E-state index >= 15 is 0 Å². The number of nitrogens with two attached hydrogens (primary N) is 1. The van der Waals surface area contributed by atoms with Crippen LogP contribution in [0.3, 0.4) is 0 Å². The molecule has 3 heterocycles. The third kappa shape index (κ3) is 2.28. The molecule has 2 unspecified atom stereocenters. The van der Waals surface area contributed by atoms with Crippen LogP contribution in [-0.2, 0) is 4.74 Å². The SMILES string of the molecule is C=CC(O)[C@@H]1CCC(n2c(=O)sc3c(=O)[nH]c(N)nc32)O1. The Labute approximate surface area is 122 Å². The molecule has 3 rings (SSSR count). The molecule has 0 amide bonds. The summed E-state index contributed by atoms with van der Waals surface area (Å²) in [6.07, 6.45) is 0.726. The molecule has 1 aliphatic rings. The molecule has 3 atom stereocenters.